The zero-order valence-electron chi connectivity index (χ0n) is 28.8. The smallest absolute Gasteiger partial charge is 0.462 e. The van der Waals surface area contributed by atoms with Gasteiger partial charge in [-0.2, -0.15) is 0 Å². The van der Waals surface area contributed by atoms with Crippen molar-refractivity contribution in [2.24, 2.45) is 0 Å². The monoisotopic (exact) mass is 658 g/mol. The Morgan fingerprint density at radius 2 is 1.00 bits per heavy atom. The highest BCUT2D eigenvalue weighted by atomic mass is 31.2. The molecular formula is C36H67O8P. The van der Waals surface area contributed by atoms with E-state index in [1.165, 1.54) is 89.9 Å². The van der Waals surface area contributed by atoms with E-state index in [-0.39, 0.29) is 19.4 Å². The molecule has 0 saturated carbocycles. The molecule has 9 heteroatoms. The molecule has 0 heterocycles. The van der Waals surface area contributed by atoms with Gasteiger partial charge in [0.25, 0.3) is 0 Å². The number of ether oxygens (including phenoxy) is 2. The lowest BCUT2D eigenvalue weighted by Crippen LogP contribution is -2.29. The van der Waals surface area contributed by atoms with Gasteiger partial charge >= 0.3 is 19.8 Å². The van der Waals surface area contributed by atoms with E-state index in [2.05, 4.69) is 42.7 Å². The second kappa shape index (κ2) is 32.5. The van der Waals surface area contributed by atoms with E-state index < -0.39 is 32.5 Å². The Balaban J connectivity index is 3.97. The lowest BCUT2D eigenvalue weighted by molar-refractivity contribution is -0.161. The van der Waals surface area contributed by atoms with E-state index in [9.17, 15) is 14.2 Å². The van der Waals surface area contributed by atoms with Crippen LogP contribution in [0, 0.1) is 0 Å². The molecule has 0 bridgehead atoms. The molecule has 0 aromatic rings. The predicted octanol–water partition coefficient (Wildman–Crippen LogP) is 10.5. The maximum atomic E-state index is 12.3. The van der Waals surface area contributed by atoms with Crippen LogP contribution >= 0.6 is 7.82 Å². The van der Waals surface area contributed by atoms with Crippen molar-refractivity contribution >= 4 is 19.8 Å². The normalized spacial score (nSPS) is 12.7. The molecule has 0 rings (SSSR count). The third-order valence-electron chi connectivity index (χ3n) is 7.72. The maximum Gasteiger partial charge on any atom is 0.469 e. The van der Waals surface area contributed by atoms with Gasteiger partial charge in [-0.3, -0.25) is 14.1 Å². The molecule has 0 radical (unpaired) electrons. The van der Waals surface area contributed by atoms with Crippen LogP contribution in [0.15, 0.2) is 24.3 Å². The molecule has 8 nitrogen and oxygen atoms in total. The van der Waals surface area contributed by atoms with Crippen molar-refractivity contribution in [1.29, 1.82) is 0 Å². The molecule has 0 spiro atoms. The third kappa shape index (κ3) is 35.2. The van der Waals surface area contributed by atoms with Crippen LogP contribution in [0.2, 0.25) is 0 Å². The Labute approximate surface area is 275 Å². The number of allylic oxidation sites excluding steroid dienone is 4. The fraction of sp³-hybridized carbons (Fsp3) is 0.833. The number of rotatable bonds is 33. The summed E-state index contributed by atoms with van der Waals surface area (Å²) in [6.45, 7) is 3.62. The van der Waals surface area contributed by atoms with Gasteiger partial charge in [0.05, 0.1) is 6.61 Å². The predicted molar refractivity (Wildman–Crippen MR) is 184 cm³/mol. The van der Waals surface area contributed by atoms with Gasteiger partial charge in [-0.25, -0.2) is 4.57 Å². The van der Waals surface area contributed by atoms with Gasteiger partial charge in [0.2, 0.25) is 0 Å². The number of phosphoric acid groups is 1. The standard InChI is InChI=1S/C36H67O8P/c1-3-5-7-9-11-13-15-16-17-18-19-20-21-23-25-27-29-31-36(38)44-34(33-43-45(39,40)41)32-42-35(37)30-28-26-24-22-14-12-10-8-6-4-2/h11,13,16-17,34H,3-10,12,14-15,18-33H2,1-2H3,(H2,39,40,41)/b13-11+,17-16+/t34-/m1/s1. The van der Waals surface area contributed by atoms with Crippen molar-refractivity contribution in [3.63, 3.8) is 0 Å². The topological polar surface area (TPSA) is 119 Å². The number of hydrogen-bond donors (Lipinski definition) is 2. The minimum atomic E-state index is -4.74. The highest BCUT2D eigenvalue weighted by molar-refractivity contribution is 7.46. The molecule has 0 fully saturated rings. The third-order valence-corrected chi connectivity index (χ3v) is 8.21. The van der Waals surface area contributed by atoms with E-state index in [1.54, 1.807) is 0 Å². The largest absolute Gasteiger partial charge is 0.469 e. The van der Waals surface area contributed by atoms with Gasteiger partial charge in [-0.05, 0) is 44.9 Å². The first-order valence-electron chi connectivity index (χ1n) is 18.1. The number of phosphoric ester groups is 1. The van der Waals surface area contributed by atoms with Crippen molar-refractivity contribution < 1.29 is 37.9 Å². The SMILES string of the molecule is CCCCC/C=C/C/C=C/CCCCCCCCCC(=O)O[C@H](COC(=O)CCCCCCCCCCCC)COP(=O)(O)O. The lowest BCUT2D eigenvalue weighted by Gasteiger charge is -2.18. The molecule has 0 saturated heterocycles. The van der Waals surface area contributed by atoms with Crippen LogP contribution in [0.1, 0.15) is 174 Å². The number of unbranched alkanes of at least 4 members (excludes halogenated alkanes) is 19. The van der Waals surface area contributed by atoms with Crippen LogP contribution in [0.3, 0.4) is 0 Å². The highest BCUT2D eigenvalue weighted by Gasteiger charge is 2.22. The Morgan fingerprint density at radius 3 is 1.51 bits per heavy atom. The fourth-order valence-electron chi connectivity index (χ4n) is 4.99. The molecule has 0 aliphatic heterocycles. The molecule has 45 heavy (non-hydrogen) atoms. The summed E-state index contributed by atoms with van der Waals surface area (Å²) in [5.74, 6) is -0.893. The summed E-state index contributed by atoms with van der Waals surface area (Å²) >= 11 is 0. The molecule has 0 amide bonds. The second-order valence-corrected chi connectivity index (χ2v) is 13.4. The molecule has 1 atom stereocenters. The maximum absolute atomic E-state index is 12.3. The molecule has 0 aromatic carbocycles. The van der Waals surface area contributed by atoms with Gasteiger partial charge in [-0.1, -0.05) is 141 Å². The first kappa shape index (κ1) is 43.5. The molecule has 0 unspecified atom stereocenters. The van der Waals surface area contributed by atoms with Gasteiger partial charge in [-0.15, -0.1) is 0 Å². The highest BCUT2D eigenvalue weighted by Crippen LogP contribution is 2.36. The number of esters is 2. The van der Waals surface area contributed by atoms with Crippen LogP contribution in [-0.2, 0) is 28.2 Å². The van der Waals surface area contributed by atoms with Crippen molar-refractivity contribution in [3.8, 4) is 0 Å². The van der Waals surface area contributed by atoms with E-state index in [1.807, 2.05) is 0 Å². The average molecular weight is 659 g/mol. The minimum absolute atomic E-state index is 0.205. The van der Waals surface area contributed by atoms with Crippen LogP contribution in [0.5, 0.6) is 0 Å². The van der Waals surface area contributed by atoms with E-state index in [4.69, 9.17) is 19.3 Å². The molecule has 2 N–H and O–H groups in total. The van der Waals surface area contributed by atoms with Gasteiger partial charge in [0, 0.05) is 12.8 Å². The summed E-state index contributed by atoms with van der Waals surface area (Å²) in [5, 5.41) is 0. The van der Waals surface area contributed by atoms with Crippen LogP contribution in [0.25, 0.3) is 0 Å². The van der Waals surface area contributed by atoms with Gasteiger partial charge in [0.1, 0.15) is 6.61 Å². The van der Waals surface area contributed by atoms with Crippen molar-refractivity contribution in [2.45, 2.75) is 180 Å². The first-order valence-corrected chi connectivity index (χ1v) is 19.7. The fourth-order valence-corrected chi connectivity index (χ4v) is 5.35. The summed E-state index contributed by atoms with van der Waals surface area (Å²) in [6, 6.07) is 0. The summed E-state index contributed by atoms with van der Waals surface area (Å²) in [6.07, 6.45) is 34.7. The lowest BCUT2D eigenvalue weighted by atomic mass is 10.1. The summed E-state index contributed by atoms with van der Waals surface area (Å²) in [5.41, 5.74) is 0. The summed E-state index contributed by atoms with van der Waals surface area (Å²) < 4.78 is 26.2. The average Bonchev–Trinajstić information content (AvgIpc) is 3.00. The Morgan fingerprint density at radius 1 is 0.578 bits per heavy atom. The molecule has 0 aliphatic carbocycles. The molecular weight excluding hydrogens is 591 g/mol. The minimum Gasteiger partial charge on any atom is -0.462 e. The van der Waals surface area contributed by atoms with Gasteiger partial charge in [0.15, 0.2) is 6.10 Å². The summed E-state index contributed by atoms with van der Waals surface area (Å²) in [7, 11) is -4.74. The number of carbonyl (C=O) groups excluding carboxylic acids is 2. The van der Waals surface area contributed by atoms with Crippen LogP contribution in [0.4, 0.5) is 0 Å². The Hall–Kier alpha value is -1.47. The molecule has 0 aliphatic rings. The zero-order valence-corrected chi connectivity index (χ0v) is 29.7. The van der Waals surface area contributed by atoms with Crippen LogP contribution < -0.4 is 0 Å². The quantitative estimate of drug-likeness (QED) is 0.0309. The Kier molecular flexibility index (Phi) is 31.4. The van der Waals surface area contributed by atoms with E-state index in [0.717, 1.165) is 51.4 Å². The molecule has 0 aromatic heterocycles. The summed E-state index contributed by atoms with van der Waals surface area (Å²) in [4.78, 5) is 42.6. The van der Waals surface area contributed by atoms with Crippen molar-refractivity contribution in [1.82, 2.24) is 0 Å². The van der Waals surface area contributed by atoms with E-state index >= 15 is 0 Å². The van der Waals surface area contributed by atoms with Crippen LogP contribution in [-0.4, -0.2) is 41.0 Å². The molecule has 264 valence electrons. The first-order chi connectivity index (χ1) is 21.8. The zero-order chi connectivity index (χ0) is 33.3. The number of hydrogen-bond acceptors (Lipinski definition) is 6. The Bertz CT molecular complexity index is 792. The van der Waals surface area contributed by atoms with Crippen molar-refractivity contribution in [3.05, 3.63) is 24.3 Å². The van der Waals surface area contributed by atoms with E-state index in [0.29, 0.717) is 6.42 Å². The second-order valence-electron chi connectivity index (χ2n) is 12.2. The van der Waals surface area contributed by atoms with Gasteiger partial charge < -0.3 is 19.3 Å². The van der Waals surface area contributed by atoms with Crippen molar-refractivity contribution in [2.75, 3.05) is 13.2 Å². The number of carbonyl (C=O) groups is 2.